The van der Waals surface area contributed by atoms with Gasteiger partial charge in [-0.15, -0.1) is 0 Å². The third-order valence-electron chi connectivity index (χ3n) is 3.57. The number of fused-ring (bicyclic) bond motifs is 1. The highest BCUT2D eigenvalue weighted by molar-refractivity contribution is 5.97. The lowest BCUT2D eigenvalue weighted by molar-refractivity contribution is 0.0955. The number of nitrogens with one attached hydrogen (secondary N) is 2. The molecule has 6 heteroatoms. The predicted molar refractivity (Wildman–Crippen MR) is 92.5 cm³/mol. The van der Waals surface area contributed by atoms with E-state index in [4.69, 9.17) is 0 Å². The van der Waals surface area contributed by atoms with Crippen LogP contribution in [0.5, 0.6) is 5.75 Å². The number of aromatic hydroxyl groups is 1. The summed E-state index contributed by atoms with van der Waals surface area (Å²) in [5.41, 5.74) is 3.76. The lowest BCUT2D eigenvalue weighted by Gasteiger charge is -2.05. The van der Waals surface area contributed by atoms with E-state index in [1.54, 1.807) is 42.5 Å². The van der Waals surface area contributed by atoms with Crippen molar-refractivity contribution in [2.45, 2.75) is 6.92 Å². The fourth-order valence-electron chi connectivity index (χ4n) is 2.33. The first-order valence-corrected chi connectivity index (χ1v) is 7.30. The Morgan fingerprint density at radius 2 is 1.96 bits per heavy atom. The number of carbonyl (C=O) groups is 1. The standard InChI is InChI=1S/C18H15N3O3/c1-11-7-8-15-13(9-11)16(22)14(18(24)20-15)10-19-21-17(23)12-5-3-2-4-6-12/h2-10H,1H3,(H,21,23)(H2,20,22,24). The maximum absolute atomic E-state index is 12.1. The fraction of sp³-hybridized carbons (Fsp3) is 0.0556. The van der Waals surface area contributed by atoms with Crippen molar-refractivity contribution in [3.05, 3.63) is 75.6 Å². The number of amides is 1. The highest BCUT2D eigenvalue weighted by Gasteiger charge is 2.10. The van der Waals surface area contributed by atoms with E-state index < -0.39 is 11.5 Å². The molecule has 3 aromatic rings. The maximum Gasteiger partial charge on any atom is 0.271 e. The quantitative estimate of drug-likeness (QED) is 0.510. The highest BCUT2D eigenvalue weighted by atomic mass is 16.3. The Kier molecular flexibility index (Phi) is 4.11. The largest absolute Gasteiger partial charge is 0.506 e. The number of H-pyrrole nitrogens is 1. The number of aromatic amines is 1. The first kappa shape index (κ1) is 15.5. The average Bonchev–Trinajstić information content (AvgIpc) is 2.59. The van der Waals surface area contributed by atoms with Gasteiger partial charge in [0.05, 0.1) is 11.7 Å². The van der Waals surface area contributed by atoms with Gasteiger partial charge in [-0.05, 0) is 31.2 Å². The number of benzene rings is 2. The number of nitrogens with zero attached hydrogens (tertiary/aromatic N) is 1. The van der Waals surface area contributed by atoms with Crippen LogP contribution in [0.25, 0.3) is 10.9 Å². The third kappa shape index (κ3) is 3.03. The number of hydrogen-bond donors (Lipinski definition) is 3. The van der Waals surface area contributed by atoms with Crippen LogP contribution in [0.4, 0.5) is 0 Å². The number of pyridine rings is 1. The molecule has 1 aromatic heterocycles. The second-order valence-corrected chi connectivity index (χ2v) is 5.33. The molecule has 1 amide bonds. The van der Waals surface area contributed by atoms with Crippen LogP contribution in [0.2, 0.25) is 0 Å². The van der Waals surface area contributed by atoms with Crippen LogP contribution in [-0.2, 0) is 0 Å². The van der Waals surface area contributed by atoms with Crippen molar-refractivity contribution in [3.63, 3.8) is 0 Å². The molecule has 6 nitrogen and oxygen atoms in total. The summed E-state index contributed by atoms with van der Waals surface area (Å²) in [5.74, 6) is -0.574. The Morgan fingerprint density at radius 1 is 1.21 bits per heavy atom. The molecule has 0 aliphatic heterocycles. The van der Waals surface area contributed by atoms with Gasteiger partial charge in [0.25, 0.3) is 11.5 Å². The summed E-state index contributed by atoms with van der Waals surface area (Å²) in [6.07, 6.45) is 1.14. The Morgan fingerprint density at radius 3 is 2.71 bits per heavy atom. The molecule has 0 spiro atoms. The zero-order valence-electron chi connectivity index (χ0n) is 12.9. The van der Waals surface area contributed by atoms with Crippen molar-refractivity contribution < 1.29 is 9.90 Å². The molecule has 1 heterocycles. The topological polar surface area (TPSA) is 94.5 Å². The molecule has 24 heavy (non-hydrogen) atoms. The van der Waals surface area contributed by atoms with Crippen molar-refractivity contribution in [2.75, 3.05) is 0 Å². The Balaban J connectivity index is 1.90. The molecule has 0 fully saturated rings. The highest BCUT2D eigenvalue weighted by Crippen LogP contribution is 2.24. The summed E-state index contributed by atoms with van der Waals surface area (Å²) >= 11 is 0. The van der Waals surface area contributed by atoms with Gasteiger partial charge in [0, 0.05) is 10.9 Å². The van der Waals surface area contributed by atoms with E-state index in [9.17, 15) is 14.7 Å². The van der Waals surface area contributed by atoms with Crippen LogP contribution < -0.4 is 11.0 Å². The molecule has 0 radical (unpaired) electrons. The van der Waals surface area contributed by atoms with E-state index in [0.29, 0.717) is 16.5 Å². The second-order valence-electron chi connectivity index (χ2n) is 5.33. The monoisotopic (exact) mass is 321 g/mol. The summed E-state index contributed by atoms with van der Waals surface area (Å²) in [4.78, 5) is 26.6. The Hall–Kier alpha value is -3.41. The van der Waals surface area contributed by atoms with E-state index in [0.717, 1.165) is 11.8 Å². The van der Waals surface area contributed by atoms with E-state index in [2.05, 4.69) is 15.5 Å². The van der Waals surface area contributed by atoms with Gasteiger partial charge in [-0.2, -0.15) is 5.10 Å². The van der Waals surface area contributed by atoms with Gasteiger partial charge in [0.2, 0.25) is 0 Å². The molecule has 0 bridgehead atoms. The summed E-state index contributed by atoms with van der Waals surface area (Å²) in [6.45, 7) is 1.89. The third-order valence-corrected chi connectivity index (χ3v) is 3.57. The molecule has 0 atom stereocenters. The first-order valence-electron chi connectivity index (χ1n) is 7.30. The van der Waals surface area contributed by atoms with E-state index in [1.165, 1.54) is 0 Å². The Labute approximate surface area is 137 Å². The van der Waals surface area contributed by atoms with Gasteiger partial charge in [-0.1, -0.05) is 29.8 Å². The summed E-state index contributed by atoms with van der Waals surface area (Å²) in [7, 11) is 0. The number of aromatic nitrogens is 1. The summed E-state index contributed by atoms with van der Waals surface area (Å²) in [5, 5.41) is 14.6. The van der Waals surface area contributed by atoms with Crippen LogP contribution in [0.15, 0.2) is 58.4 Å². The Bertz CT molecular complexity index is 992. The van der Waals surface area contributed by atoms with Crippen molar-refractivity contribution >= 4 is 23.0 Å². The van der Waals surface area contributed by atoms with Crippen molar-refractivity contribution in [1.29, 1.82) is 0 Å². The van der Waals surface area contributed by atoms with Crippen molar-refractivity contribution in [2.24, 2.45) is 5.10 Å². The van der Waals surface area contributed by atoms with E-state index in [-0.39, 0.29) is 11.3 Å². The molecule has 0 unspecified atom stereocenters. The van der Waals surface area contributed by atoms with Crippen molar-refractivity contribution in [3.8, 4) is 5.75 Å². The zero-order chi connectivity index (χ0) is 17.1. The van der Waals surface area contributed by atoms with Crippen LogP contribution in [0, 0.1) is 6.92 Å². The van der Waals surface area contributed by atoms with Crippen LogP contribution in [0.1, 0.15) is 21.5 Å². The second kappa shape index (κ2) is 6.37. The van der Waals surface area contributed by atoms with Crippen LogP contribution in [-0.4, -0.2) is 22.2 Å². The van der Waals surface area contributed by atoms with Gasteiger partial charge in [-0.3, -0.25) is 9.59 Å². The molecular formula is C18H15N3O3. The zero-order valence-corrected chi connectivity index (χ0v) is 12.9. The van der Waals surface area contributed by atoms with Gasteiger partial charge in [-0.25, -0.2) is 5.43 Å². The van der Waals surface area contributed by atoms with E-state index >= 15 is 0 Å². The lowest BCUT2D eigenvalue weighted by Crippen LogP contribution is -2.19. The average molecular weight is 321 g/mol. The van der Waals surface area contributed by atoms with Gasteiger partial charge >= 0.3 is 0 Å². The molecule has 3 N–H and O–H groups in total. The minimum atomic E-state index is -0.485. The molecule has 0 aliphatic carbocycles. The normalized spacial score (nSPS) is 11.0. The lowest BCUT2D eigenvalue weighted by atomic mass is 10.1. The summed E-state index contributed by atoms with van der Waals surface area (Å²) < 4.78 is 0. The van der Waals surface area contributed by atoms with Gasteiger partial charge in [0.15, 0.2) is 0 Å². The van der Waals surface area contributed by atoms with Gasteiger partial charge in [0.1, 0.15) is 11.3 Å². The molecule has 2 aromatic carbocycles. The number of hydrogen-bond acceptors (Lipinski definition) is 4. The van der Waals surface area contributed by atoms with Gasteiger partial charge < -0.3 is 10.1 Å². The smallest absolute Gasteiger partial charge is 0.271 e. The number of hydrazone groups is 1. The minimum Gasteiger partial charge on any atom is -0.506 e. The summed E-state index contributed by atoms with van der Waals surface area (Å²) in [6, 6.07) is 13.9. The van der Waals surface area contributed by atoms with Crippen molar-refractivity contribution in [1.82, 2.24) is 10.4 Å². The van der Waals surface area contributed by atoms with Crippen LogP contribution >= 0.6 is 0 Å². The predicted octanol–water partition coefficient (Wildman–Crippen LogP) is 2.31. The number of carbonyl (C=O) groups excluding carboxylic acids is 1. The molecule has 3 rings (SSSR count). The molecule has 0 aliphatic rings. The molecule has 0 saturated carbocycles. The SMILES string of the molecule is Cc1ccc2[nH]c(=O)c(C=NNC(=O)c3ccccc3)c(O)c2c1. The molecule has 120 valence electrons. The maximum atomic E-state index is 12.1. The number of aryl methyl sites for hydroxylation is 1. The minimum absolute atomic E-state index is 0.0125. The fourth-order valence-corrected chi connectivity index (χ4v) is 2.33. The first-order chi connectivity index (χ1) is 11.6. The molecule has 0 saturated heterocycles. The molecular weight excluding hydrogens is 306 g/mol. The van der Waals surface area contributed by atoms with E-state index in [1.807, 2.05) is 13.0 Å². The number of rotatable bonds is 3. The van der Waals surface area contributed by atoms with Crippen LogP contribution in [0.3, 0.4) is 0 Å².